The van der Waals surface area contributed by atoms with Crippen molar-refractivity contribution in [2.24, 2.45) is 7.05 Å². The topological polar surface area (TPSA) is 30.3 Å². The Bertz CT molecular complexity index is 734. The molecule has 1 aromatic carbocycles. The van der Waals surface area contributed by atoms with Crippen molar-refractivity contribution in [3.8, 4) is 5.75 Å². The van der Waals surface area contributed by atoms with E-state index < -0.39 is 0 Å². The average Bonchev–Trinajstić information content (AvgIpc) is 3.08. The lowest BCUT2D eigenvalue weighted by molar-refractivity contribution is 0.138. The molecule has 0 spiro atoms. The van der Waals surface area contributed by atoms with Crippen molar-refractivity contribution < 1.29 is 4.74 Å². The minimum Gasteiger partial charge on any atom is -0.487 e. The van der Waals surface area contributed by atoms with Gasteiger partial charge in [-0.05, 0) is 50.4 Å². The molecule has 1 saturated heterocycles. The quantitative estimate of drug-likeness (QED) is 0.865. The van der Waals surface area contributed by atoms with Gasteiger partial charge in [-0.1, -0.05) is 12.1 Å². The van der Waals surface area contributed by atoms with Crippen molar-refractivity contribution in [2.45, 2.75) is 51.2 Å². The molecule has 2 aromatic rings. The predicted molar refractivity (Wildman–Crippen MR) is 95.3 cm³/mol. The van der Waals surface area contributed by atoms with Gasteiger partial charge in [0.1, 0.15) is 17.2 Å². The molecule has 1 atom stereocenters. The van der Waals surface area contributed by atoms with Gasteiger partial charge in [-0.25, -0.2) is 4.98 Å². The van der Waals surface area contributed by atoms with E-state index in [-0.39, 0.29) is 5.60 Å². The molecule has 0 saturated carbocycles. The number of nitrogens with zero attached hydrogens (tertiary/aromatic N) is 3. The van der Waals surface area contributed by atoms with Gasteiger partial charge in [0, 0.05) is 44.9 Å². The van der Waals surface area contributed by atoms with Gasteiger partial charge in [0.15, 0.2) is 0 Å². The van der Waals surface area contributed by atoms with Crippen LogP contribution in [0.4, 0.5) is 0 Å². The second-order valence-corrected chi connectivity index (χ2v) is 7.95. The number of likely N-dealkylation sites (tertiary alicyclic amines) is 1. The van der Waals surface area contributed by atoms with Gasteiger partial charge in [-0.3, -0.25) is 4.90 Å². The second kappa shape index (κ2) is 5.92. The molecule has 0 aliphatic carbocycles. The summed E-state index contributed by atoms with van der Waals surface area (Å²) < 4.78 is 8.16. The van der Waals surface area contributed by atoms with Crippen LogP contribution in [0.2, 0.25) is 0 Å². The zero-order valence-corrected chi connectivity index (χ0v) is 15.0. The number of hydrogen-bond donors (Lipinski definition) is 0. The molecular formula is C20H27N3O. The number of benzene rings is 1. The summed E-state index contributed by atoms with van der Waals surface area (Å²) in [6.07, 6.45) is 7.46. The van der Waals surface area contributed by atoms with E-state index >= 15 is 0 Å². The van der Waals surface area contributed by atoms with Crippen LogP contribution in [0.1, 0.15) is 49.6 Å². The highest BCUT2D eigenvalue weighted by Gasteiger charge is 2.30. The van der Waals surface area contributed by atoms with E-state index in [1.165, 1.54) is 36.3 Å². The van der Waals surface area contributed by atoms with Gasteiger partial charge < -0.3 is 9.30 Å². The van der Waals surface area contributed by atoms with E-state index in [4.69, 9.17) is 4.74 Å². The molecule has 4 heteroatoms. The Labute approximate surface area is 144 Å². The lowest BCUT2D eigenvalue weighted by Crippen LogP contribution is -2.34. The third-order valence-corrected chi connectivity index (χ3v) is 5.26. The Morgan fingerprint density at radius 1 is 1.33 bits per heavy atom. The molecule has 1 fully saturated rings. The Morgan fingerprint density at radius 2 is 2.21 bits per heavy atom. The van der Waals surface area contributed by atoms with E-state index in [1.807, 2.05) is 6.20 Å². The van der Waals surface area contributed by atoms with E-state index in [0.29, 0.717) is 5.92 Å². The lowest BCUT2D eigenvalue weighted by atomic mass is 9.96. The molecule has 128 valence electrons. The summed E-state index contributed by atoms with van der Waals surface area (Å²) in [5.41, 5.74) is 2.70. The van der Waals surface area contributed by atoms with E-state index in [0.717, 1.165) is 25.3 Å². The first-order valence-electron chi connectivity index (χ1n) is 9.00. The molecular weight excluding hydrogens is 298 g/mol. The van der Waals surface area contributed by atoms with Crippen LogP contribution in [-0.4, -0.2) is 33.1 Å². The highest BCUT2D eigenvalue weighted by molar-refractivity contribution is 5.41. The zero-order valence-electron chi connectivity index (χ0n) is 15.0. The minimum atomic E-state index is -0.0601. The third kappa shape index (κ3) is 3.07. The summed E-state index contributed by atoms with van der Waals surface area (Å²) in [5.74, 6) is 2.84. The van der Waals surface area contributed by atoms with E-state index in [1.54, 1.807) is 0 Å². The molecule has 1 aromatic heterocycles. The van der Waals surface area contributed by atoms with Crippen LogP contribution in [-0.2, 0) is 20.0 Å². The fraction of sp³-hybridized carbons (Fsp3) is 0.550. The first-order chi connectivity index (χ1) is 11.5. The Hall–Kier alpha value is -1.81. The van der Waals surface area contributed by atoms with Crippen LogP contribution in [0.25, 0.3) is 0 Å². The van der Waals surface area contributed by atoms with Crippen LogP contribution in [0.15, 0.2) is 30.6 Å². The maximum atomic E-state index is 5.99. The monoisotopic (exact) mass is 325 g/mol. The predicted octanol–water partition coefficient (Wildman–Crippen LogP) is 3.51. The molecule has 3 heterocycles. The van der Waals surface area contributed by atoms with Crippen LogP contribution < -0.4 is 4.74 Å². The molecule has 0 radical (unpaired) electrons. The SMILES string of the molecule is Cn1ccnc1[C@@H]1CCCN(Cc2ccc3c(c2)CC(C)(C)O3)C1. The third-order valence-electron chi connectivity index (χ3n) is 5.26. The van der Waals surface area contributed by atoms with Crippen molar-refractivity contribution >= 4 is 0 Å². The smallest absolute Gasteiger partial charge is 0.123 e. The number of rotatable bonds is 3. The fourth-order valence-corrected chi connectivity index (χ4v) is 4.20. The van der Waals surface area contributed by atoms with Gasteiger partial charge in [-0.2, -0.15) is 0 Å². The second-order valence-electron chi connectivity index (χ2n) is 7.95. The molecule has 2 aliphatic rings. The molecule has 4 rings (SSSR count). The highest BCUT2D eigenvalue weighted by Crippen LogP contribution is 2.35. The van der Waals surface area contributed by atoms with Gasteiger partial charge in [0.2, 0.25) is 0 Å². The van der Waals surface area contributed by atoms with Gasteiger partial charge in [0.05, 0.1) is 0 Å². The maximum Gasteiger partial charge on any atom is 0.123 e. The van der Waals surface area contributed by atoms with Crippen LogP contribution >= 0.6 is 0 Å². The number of ether oxygens (including phenoxy) is 1. The van der Waals surface area contributed by atoms with Gasteiger partial charge in [0.25, 0.3) is 0 Å². The first-order valence-corrected chi connectivity index (χ1v) is 9.00. The summed E-state index contributed by atoms with van der Waals surface area (Å²) in [5, 5.41) is 0. The van der Waals surface area contributed by atoms with Crippen molar-refractivity contribution in [3.63, 3.8) is 0 Å². The van der Waals surface area contributed by atoms with Crippen molar-refractivity contribution in [1.29, 1.82) is 0 Å². The minimum absolute atomic E-state index is 0.0601. The highest BCUT2D eigenvalue weighted by atomic mass is 16.5. The Morgan fingerprint density at radius 3 is 3.00 bits per heavy atom. The largest absolute Gasteiger partial charge is 0.487 e. The molecule has 4 nitrogen and oxygen atoms in total. The standard InChI is InChI=1S/C20H27N3O/c1-20(2)12-17-11-15(6-7-18(17)24-20)13-23-9-4-5-16(14-23)19-21-8-10-22(19)3/h6-8,10-11,16H,4-5,9,12-14H2,1-3H3/t16-/m1/s1. The summed E-state index contributed by atoms with van der Waals surface area (Å²) >= 11 is 0. The zero-order chi connectivity index (χ0) is 16.7. The lowest BCUT2D eigenvalue weighted by Gasteiger charge is -2.32. The summed E-state index contributed by atoms with van der Waals surface area (Å²) in [6.45, 7) is 7.63. The van der Waals surface area contributed by atoms with Crippen LogP contribution in [0, 0.1) is 0 Å². The molecule has 24 heavy (non-hydrogen) atoms. The number of fused-ring (bicyclic) bond motifs is 1. The first kappa shape index (κ1) is 15.7. The van der Waals surface area contributed by atoms with E-state index in [2.05, 4.69) is 59.7 Å². The Balaban J connectivity index is 1.45. The fourth-order valence-electron chi connectivity index (χ4n) is 4.20. The molecule has 0 unspecified atom stereocenters. The average molecular weight is 325 g/mol. The molecule has 0 N–H and O–H groups in total. The van der Waals surface area contributed by atoms with Crippen molar-refractivity contribution in [2.75, 3.05) is 13.1 Å². The van der Waals surface area contributed by atoms with E-state index in [9.17, 15) is 0 Å². The number of piperidine rings is 1. The molecule has 0 amide bonds. The molecule has 2 aliphatic heterocycles. The van der Waals surface area contributed by atoms with Crippen LogP contribution in [0.5, 0.6) is 5.75 Å². The summed E-state index contributed by atoms with van der Waals surface area (Å²) in [7, 11) is 2.10. The number of hydrogen-bond acceptors (Lipinski definition) is 3. The number of aromatic nitrogens is 2. The maximum absolute atomic E-state index is 5.99. The summed E-state index contributed by atoms with van der Waals surface area (Å²) in [6, 6.07) is 6.72. The van der Waals surface area contributed by atoms with Crippen molar-refractivity contribution in [1.82, 2.24) is 14.5 Å². The van der Waals surface area contributed by atoms with Gasteiger partial charge >= 0.3 is 0 Å². The number of imidazole rings is 1. The van der Waals surface area contributed by atoms with Gasteiger partial charge in [-0.15, -0.1) is 0 Å². The normalized spacial score (nSPS) is 23.0. The summed E-state index contributed by atoms with van der Waals surface area (Å²) in [4.78, 5) is 7.14. The Kier molecular flexibility index (Phi) is 3.87. The van der Waals surface area contributed by atoms with Crippen LogP contribution in [0.3, 0.4) is 0 Å². The number of aryl methyl sites for hydroxylation is 1. The van der Waals surface area contributed by atoms with Crippen molar-refractivity contribution in [3.05, 3.63) is 47.5 Å². The molecule has 0 bridgehead atoms.